The molecular formula is C16H11F3N2O2. The number of amides is 1. The van der Waals surface area contributed by atoms with E-state index in [2.05, 4.69) is 10.9 Å². The highest BCUT2D eigenvalue weighted by molar-refractivity contribution is 5.96. The van der Waals surface area contributed by atoms with Gasteiger partial charge in [-0.25, -0.2) is 0 Å². The number of alkyl halides is 3. The second-order valence-electron chi connectivity index (χ2n) is 4.77. The summed E-state index contributed by atoms with van der Waals surface area (Å²) in [6.07, 6.45) is -4.52. The lowest BCUT2D eigenvalue weighted by molar-refractivity contribution is -0.137. The highest BCUT2D eigenvalue weighted by atomic mass is 19.4. The van der Waals surface area contributed by atoms with Crippen LogP contribution >= 0.6 is 0 Å². The number of fused-ring (bicyclic) bond motifs is 1. The highest BCUT2D eigenvalue weighted by Gasteiger charge is 2.33. The number of furan rings is 1. The molecule has 0 fully saturated rings. The number of rotatable bonds is 3. The smallest absolute Gasteiger partial charge is 0.418 e. The van der Waals surface area contributed by atoms with Gasteiger partial charge in [-0.15, -0.1) is 0 Å². The molecule has 0 saturated heterocycles. The summed E-state index contributed by atoms with van der Waals surface area (Å²) < 4.78 is 43.9. The van der Waals surface area contributed by atoms with Crippen molar-refractivity contribution in [2.45, 2.75) is 6.18 Å². The first kappa shape index (κ1) is 15.0. The van der Waals surface area contributed by atoms with Gasteiger partial charge in [-0.05, 0) is 24.3 Å². The van der Waals surface area contributed by atoms with Gasteiger partial charge in [0.25, 0.3) is 0 Å². The van der Waals surface area contributed by atoms with Gasteiger partial charge in [0.15, 0.2) is 5.76 Å². The van der Waals surface area contributed by atoms with Crippen LogP contribution in [0.1, 0.15) is 16.1 Å². The monoisotopic (exact) mass is 320 g/mol. The molecule has 1 aromatic heterocycles. The van der Waals surface area contributed by atoms with E-state index in [1.165, 1.54) is 24.3 Å². The lowest BCUT2D eigenvalue weighted by atomic mass is 10.2. The van der Waals surface area contributed by atoms with Gasteiger partial charge in [0.05, 0.1) is 11.3 Å². The third-order valence-electron chi connectivity index (χ3n) is 3.19. The summed E-state index contributed by atoms with van der Waals surface area (Å²) in [5.41, 5.74) is 3.89. The topological polar surface area (TPSA) is 54.3 Å². The van der Waals surface area contributed by atoms with E-state index in [4.69, 9.17) is 4.42 Å². The van der Waals surface area contributed by atoms with Crippen molar-refractivity contribution < 1.29 is 22.4 Å². The van der Waals surface area contributed by atoms with E-state index in [0.717, 1.165) is 11.5 Å². The molecule has 0 spiro atoms. The average molecular weight is 320 g/mol. The van der Waals surface area contributed by atoms with Gasteiger partial charge in [-0.3, -0.25) is 15.6 Å². The van der Waals surface area contributed by atoms with E-state index in [0.29, 0.717) is 5.58 Å². The minimum Gasteiger partial charge on any atom is -0.451 e. The highest BCUT2D eigenvalue weighted by Crippen LogP contribution is 2.34. The maximum absolute atomic E-state index is 12.9. The summed E-state index contributed by atoms with van der Waals surface area (Å²) in [5.74, 6) is -0.665. The molecule has 1 amide bonds. The van der Waals surface area contributed by atoms with Crippen LogP contribution in [0.4, 0.5) is 18.9 Å². The molecule has 2 aromatic carbocycles. The Bertz CT molecular complexity index is 823. The first-order valence-electron chi connectivity index (χ1n) is 6.66. The average Bonchev–Trinajstić information content (AvgIpc) is 2.96. The number of halogens is 3. The van der Waals surface area contributed by atoms with Crippen molar-refractivity contribution in [2.24, 2.45) is 0 Å². The molecule has 3 rings (SSSR count). The van der Waals surface area contributed by atoms with E-state index in [9.17, 15) is 18.0 Å². The Morgan fingerprint density at radius 1 is 1.00 bits per heavy atom. The molecule has 0 bridgehead atoms. The number of hydrazine groups is 1. The molecule has 3 aromatic rings. The lowest BCUT2D eigenvalue weighted by Crippen LogP contribution is -2.30. The molecule has 0 aliphatic rings. The van der Waals surface area contributed by atoms with Crippen LogP contribution in [-0.4, -0.2) is 5.91 Å². The Kier molecular flexibility index (Phi) is 3.69. The second kappa shape index (κ2) is 5.68. The Hall–Kier alpha value is -2.96. The molecule has 1 heterocycles. The minimum atomic E-state index is -4.52. The number of hydrogen-bond donors (Lipinski definition) is 2. The maximum atomic E-state index is 12.9. The zero-order valence-electron chi connectivity index (χ0n) is 11.6. The molecule has 0 radical (unpaired) electrons. The van der Waals surface area contributed by atoms with E-state index in [1.54, 1.807) is 24.3 Å². The van der Waals surface area contributed by atoms with Crippen LogP contribution in [0.25, 0.3) is 11.0 Å². The van der Waals surface area contributed by atoms with Crippen molar-refractivity contribution in [3.8, 4) is 0 Å². The molecule has 118 valence electrons. The van der Waals surface area contributed by atoms with Crippen LogP contribution in [0, 0.1) is 0 Å². The van der Waals surface area contributed by atoms with E-state index in [1.807, 2.05) is 0 Å². The Morgan fingerprint density at radius 2 is 1.70 bits per heavy atom. The number of carbonyl (C=O) groups is 1. The van der Waals surface area contributed by atoms with Gasteiger partial charge in [0, 0.05) is 5.39 Å². The molecule has 0 unspecified atom stereocenters. The largest absolute Gasteiger partial charge is 0.451 e. The number of hydrogen-bond acceptors (Lipinski definition) is 3. The van der Waals surface area contributed by atoms with Gasteiger partial charge in [0.1, 0.15) is 5.58 Å². The van der Waals surface area contributed by atoms with Gasteiger partial charge in [-0.1, -0.05) is 30.3 Å². The standard InChI is InChI=1S/C16H11F3N2O2/c17-16(18,19)11-6-2-3-7-12(11)20-21-15(22)14-9-10-5-1-4-8-13(10)23-14/h1-9,20H,(H,21,22). The van der Waals surface area contributed by atoms with Crippen molar-refractivity contribution in [3.63, 3.8) is 0 Å². The second-order valence-corrected chi connectivity index (χ2v) is 4.77. The third-order valence-corrected chi connectivity index (χ3v) is 3.19. The van der Waals surface area contributed by atoms with Crippen LogP contribution in [-0.2, 0) is 6.18 Å². The van der Waals surface area contributed by atoms with Crippen molar-refractivity contribution in [2.75, 3.05) is 5.43 Å². The molecule has 4 nitrogen and oxygen atoms in total. The van der Waals surface area contributed by atoms with Crippen molar-refractivity contribution in [3.05, 3.63) is 65.9 Å². The summed E-state index contributed by atoms with van der Waals surface area (Å²) in [5, 5.41) is 0.730. The molecule has 0 aliphatic heterocycles. The quantitative estimate of drug-likeness (QED) is 0.711. The predicted molar refractivity (Wildman–Crippen MR) is 78.7 cm³/mol. The van der Waals surface area contributed by atoms with E-state index >= 15 is 0 Å². The minimum absolute atomic E-state index is 0.00295. The van der Waals surface area contributed by atoms with Crippen LogP contribution < -0.4 is 10.9 Å². The number of para-hydroxylation sites is 2. The zero-order valence-corrected chi connectivity index (χ0v) is 11.6. The summed E-state index contributed by atoms with van der Waals surface area (Å²) in [6, 6.07) is 13.4. The number of nitrogens with one attached hydrogen (secondary N) is 2. The summed E-state index contributed by atoms with van der Waals surface area (Å²) in [7, 11) is 0. The molecule has 2 N–H and O–H groups in total. The first-order valence-corrected chi connectivity index (χ1v) is 6.66. The maximum Gasteiger partial charge on any atom is 0.418 e. The van der Waals surface area contributed by atoms with E-state index in [-0.39, 0.29) is 11.4 Å². The lowest BCUT2D eigenvalue weighted by Gasteiger charge is -2.14. The number of anilines is 1. The third kappa shape index (κ3) is 3.13. The van der Waals surface area contributed by atoms with Crippen LogP contribution in [0.5, 0.6) is 0 Å². The van der Waals surface area contributed by atoms with Crippen LogP contribution in [0.3, 0.4) is 0 Å². The van der Waals surface area contributed by atoms with Crippen LogP contribution in [0.2, 0.25) is 0 Å². The molecule has 7 heteroatoms. The molecule has 0 aliphatic carbocycles. The molecule has 23 heavy (non-hydrogen) atoms. The fraction of sp³-hybridized carbons (Fsp3) is 0.0625. The Labute approximate surface area is 128 Å². The predicted octanol–water partition coefficient (Wildman–Crippen LogP) is 4.21. The van der Waals surface area contributed by atoms with Crippen LogP contribution in [0.15, 0.2) is 59.0 Å². The fourth-order valence-corrected chi connectivity index (χ4v) is 2.12. The fourth-order valence-electron chi connectivity index (χ4n) is 2.12. The normalized spacial score (nSPS) is 11.4. The van der Waals surface area contributed by atoms with Gasteiger partial charge >= 0.3 is 12.1 Å². The SMILES string of the molecule is O=C(NNc1ccccc1C(F)(F)F)c1cc2ccccc2o1. The van der Waals surface area contributed by atoms with Gasteiger partial charge in [-0.2, -0.15) is 13.2 Å². The summed E-state index contributed by atoms with van der Waals surface area (Å²) in [4.78, 5) is 12.0. The Morgan fingerprint density at radius 3 is 2.43 bits per heavy atom. The molecule has 0 saturated carbocycles. The van der Waals surface area contributed by atoms with E-state index < -0.39 is 17.6 Å². The molecular weight excluding hydrogens is 309 g/mol. The van der Waals surface area contributed by atoms with Gasteiger partial charge in [0.2, 0.25) is 0 Å². The summed E-state index contributed by atoms with van der Waals surface area (Å²) >= 11 is 0. The number of benzene rings is 2. The Balaban J connectivity index is 1.77. The van der Waals surface area contributed by atoms with Gasteiger partial charge < -0.3 is 4.42 Å². The van der Waals surface area contributed by atoms with Crippen molar-refractivity contribution >= 4 is 22.6 Å². The first-order chi connectivity index (χ1) is 10.9. The van der Waals surface area contributed by atoms with Crippen molar-refractivity contribution in [1.82, 2.24) is 5.43 Å². The van der Waals surface area contributed by atoms with Crippen molar-refractivity contribution in [1.29, 1.82) is 0 Å². The molecule has 0 atom stereocenters. The zero-order chi connectivity index (χ0) is 16.4. The summed E-state index contributed by atoms with van der Waals surface area (Å²) in [6.45, 7) is 0. The number of carbonyl (C=O) groups excluding carboxylic acids is 1.